The number of amides is 1. The topological polar surface area (TPSA) is 110 Å². The van der Waals surface area contributed by atoms with Gasteiger partial charge in [0.1, 0.15) is 5.69 Å². The molecular formula is C27H26N6O. The Balaban J connectivity index is 1.32. The van der Waals surface area contributed by atoms with E-state index in [4.69, 9.17) is 11.5 Å². The van der Waals surface area contributed by atoms with Gasteiger partial charge in [0.2, 0.25) is 5.95 Å². The molecule has 3 aromatic carbocycles. The van der Waals surface area contributed by atoms with E-state index in [1.54, 1.807) is 0 Å². The van der Waals surface area contributed by atoms with Gasteiger partial charge < -0.3 is 16.4 Å². The summed E-state index contributed by atoms with van der Waals surface area (Å²) >= 11 is 0. The number of benzene rings is 3. The Kier molecular flexibility index (Phi) is 5.01. The fraction of sp³-hybridized carbons (Fsp3) is 0.222. The Morgan fingerprint density at radius 3 is 2.29 bits per heavy atom. The lowest BCUT2D eigenvalue weighted by atomic mass is 10.0. The quantitative estimate of drug-likeness (QED) is 0.400. The molecule has 7 nitrogen and oxygen atoms in total. The Morgan fingerprint density at radius 1 is 0.941 bits per heavy atom. The summed E-state index contributed by atoms with van der Waals surface area (Å²) in [5, 5.41) is 4.12. The highest BCUT2D eigenvalue weighted by Crippen LogP contribution is 2.30. The van der Waals surface area contributed by atoms with Crippen LogP contribution in [0.4, 0.5) is 5.95 Å². The van der Waals surface area contributed by atoms with E-state index in [0.29, 0.717) is 35.7 Å². The summed E-state index contributed by atoms with van der Waals surface area (Å²) in [6.45, 7) is 1.13. The second-order valence-electron chi connectivity index (χ2n) is 9.13. The number of hydrogen-bond acceptors (Lipinski definition) is 6. The van der Waals surface area contributed by atoms with E-state index >= 15 is 0 Å². The Morgan fingerprint density at radius 2 is 1.62 bits per heavy atom. The van der Waals surface area contributed by atoms with Gasteiger partial charge >= 0.3 is 0 Å². The molecule has 5 N–H and O–H groups in total. The van der Waals surface area contributed by atoms with Gasteiger partial charge in [0.25, 0.3) is 5.91 Å². The normalized spacial score (nSPS) is 16.0. The molecule has 0 saturated heterocycles. The van der Waals surface area contributed by atoms with Crippen molar-refractivity contribution < 1.29 is 4.79 Å². The van der Waals surface area contributed by atoms with Crippen LogP contribution in [-0.2, 0) is 13.1 Å². The Hall–Kier alpha value is -3.81. The van der Waals surface area contributed by atoms with Crippen LogP contribution in [0.25, 0.3) is 22.0 Å². The molecule has 7 heteroatoms. The SMILES string of the molecule is Nc1nc(C(=O)N2Cc3ccccc3C2)c2cc(-c3ccc(C(N)NC4CC4)cc3)ccc2n1. The minimum atomic E-state index is -0.164. The molecule has 1 aliphatic heterocycles. The number of nitrogen functional groups attached to an aromatic ring is 1. The van der Waals surface area contributed by atoms with Gasteiger partial charge in [-0.1, -0.05) is 54.6 Å². The van der Waals surface area contributed by atoms with Crippen LogP contribution < -0.4 is 16.8 Å². The molecule has 1 aromatic heterocycles. The number of nitrogens with two attached hydrogens (primary N) is 2. The van der Waals surface area contributed by atoms with Gasteiger partial charge in [-0.25, -0.2) is 9.97 Å². The lowest BCUT2D eigenvalue weighted by Crippen LogP contribution is -2.30. The van der Waals surface area contributed by atoms with Crippen LogP contribution in [-0.4, -0.2) is 26.8 Å². The zero-order valence-electron chi connectivity index (χ0n) is 18.7. The average Bonchev–Trinajstić information content (AvgIpc) is 3.56. The molecule has 0 spiro atoms. The van der Waals surface area contributed by atoms with Gasteiger partial charge in [0, 0.05) is 24.5 Å². The highest BCUT2D eigenvalue weighted by molar-refractivity contribution is 6.05. The van der Waals surface area contributed by atoms with Crippen molar-refractivity contribution in [2.45, 2.75) is 38.1 Å². The van der Waals surface area contributed by atoms with Gasteiger partial charge in [-0.3, -0.25) is 10.1 Å². The van der Waals surface area contributed by atoms with Crippen LogP contribution in [0.2, 0.25) is 0 Å². The highest BCUT2D eigenvalue weighted by atomic mass is 16.2. The molecular weight excluding hydrogens is 424 g/mol. The molecule has 6 rings (SSSR count). The first kappa shape index (κ1) is 20.8. The van der Waals surface area contributed by atoms with Gasteiger partial charge in [0.05, 0.1) is 11.7 Å². The summed E-state index contributed by atoms with van der Waals surface area (Å²) in [5.41, 5.74) is 18.6. The lowest BCUT2D eigenvalue weighted by Gasteiger charge is -2.17. The van der Waals surface area contributed by atoms with Crippen molar-refractivity contribution in [3.05, 3.63) is 89.1 Å². The maximum Gasteiger partial charge on any atom is 0.273 e. The van der Waals surface area contributed by atoms with Crippen molar-refractivity contribution in [2.24, 2.45) is 5.73 Å². The third-order valence-corrected chi connectivity index (χ3v) is 6.64. The Labute approximate surface area is 197 Å². The van der Waals surface area contributed by atoms with Crippen molar-refractivity contribution in [3.8, 4) is 11.1 Å². The van der Waals surface area contributed by atoms with Crippen LogP contribution in [0.5, 0.6) is 0 Å². The second-order valence-corrected chi connectivity index (χ2v) is 9.13. The smallest absolute Gasteiger partial charge is 0.273 e. The fourth-order valence-electron chi connectivity index (χ4n) is 4.60. The number of nitrogens with zero attached hydrogens (tertiary/aromatic N) is 3. The predicted molar refractivity (Wildman–Crippen MR) is 132 cm³/mol. The van der Waals surface area contributed by atoms with E-state index < -0.39 is 0 Å². The molecule has 4 aromatic rings. The molecule has 34 heavy (non-hydrogen) atoms. The van der Waals surface area contributed by atoms with Crippen LogP contribution >= 0.6 is 0 Å². The van der Waals surface area contributed by atoms with E-state index in [2.05, 4.69) is 39.6 Å². The number of aromatic nitrogens is 2. The average molecular weight is 451 g/mol. The van der Waals surface area contributed by atoms with Crippen molar-refractivity contribution in [1.29, 1.82) is 0 Å². The minimum Gasteiger partial charge on any atom is -0.368 e. The van der Waals surface area contributed by atoms with Gasteiger partial charge in [-0.15, -0.1) is 0 Å². The summed E-state index contributed by atoms with van der Waals surface area (Å²) in [4.78, 5) is 24.0. The monoisotopic (exact) mass is 450 g/mol. The molecule has 2 aliphatic rings. The number of carbonyl (C=O) groups is 1. The number of hydrogen-bond donors (Lipinski definition) is 3. The summed E-state index contributed by atoms with van der Waals surface area (Å²) in [7, 11) is 0. The molecule has 0 bridgehead atoms. The van der Waals surface area contributed by atoms with Gasteiger partial charge in [-0.05, 0) is 52.8 Å². The van der Waals surface area contributed by atoms with E-state index in [1.165, 1.54) is 12.8 Å². The zero-order chi connectivity index (χ0) is 23.2. The summed E-state index contributed by atoms with van der Waals surface area (Å²) in [6, 6.07) is 22.7. The first-order chi connectivity index (χ1) is 16.5. The number of rotatable bonds is 5. The first-order valence-corrected chi connectivity index (χ1v) is 11.6. The van der Waals surface area contributed by atoms with Gasteiger partial charge in [-0.2, -0.15) is 0 Å². The molecule has 1 saturated carbocycles. The van der Waals surface area contributed by atoms with Crippen molar-refractivity contribution in [1.82, 2.24) is 20.2 Å². The maximum absolute atomic E-state index is 13.5. The van der Waals surface area contributed by atoms with Crippen molar-refractivity contribution >= 4 is 22.8 Å². The largest absolute Gasteiger partial charge is 0.368 e. The predicted octanol–water partition coefficient (Wildman–Crippen LogP) is 3.74. The van der Waals surface area contributed by atoms with Crippen LogP contribution in [0.15, 0.2) is 66.7 Å². The standard InChI is InChI=1S/C27H26N6O/c28-25(30-21-10-11-21)17-7-5-16(6-8-17)18-9-12-23-22(13-18)24(32-27(29)31-23)26(34)33-14-19-3-1-2-4-20(19)15-33/h1-9,12-13,21,25,30H,10-11,14-15,28H2,(H2,29,31,32). The number of anilines is 1. The maximum atomic E-state index is 13.5. The van der Waals surface area contributed by atoms with E-state index in [0.717, 1.165) is 27.8 Å². The van der Waals surface area contributed by atoms with Crippen LogP contribution in [0.1, 0.15) is 46.2 Å². The van der Waals surface area contributed by atoms with Crippen molar-refractivity contribution in [2.75, 3.05) is 5.73 Å². The van der Waals surface area contributed by atoms with E-state index in [-0.39, 0.29) is 18.0 Å². The number of fused-ring (bicyclic) bond motifs is 2. The molecule has 1 unspecified atom stereocenters. The fourth-order valence-corrected chi connectivity index (χ4v) is 4.60. The van der Waals surface area contributed by atoms with Gasteiger partial charge in [0.15, 0.2) is 0 Å². The number of carbonyl (C=O) groups excluding carboxylic acids is 1. The highest BCUT2D eigenvalue weighted by Gasteiger charge is 2.27. The molecule has 1 aliphatic carbocycles. The molecule has 1 amide bonds. The van der Waals surface area contributed by atoms with Crippen LogP contribution in [0.3, 0.4) is 0 Å². The van der Waals surface area contributed by atoms with E-state index in [1.807, 2.05) is 47.4 Å². The summed E-state index contributed by atoms with van der Waals surface area (Å²) in [6.07, 6.45) is 2.23. The van der Waals surface area contributed by atoms with E-state index in [9.17, 15) is 4.79 Å². The molecule has 2 heterocycles. The Bertz CT molecular complexity index is 1370. The third kappa shape index (κ3) is 3.89. The zero-order valence-corrected chi connectivity index (χ0v) is 18.7. The number of nitrogens with one attached hydrogen (secondary N) is 1. The third-order valence-electron chi connectivity index (χ3n) is 6.64. The summed E-state index contributed by atoms with van der Waals surface area (Å²) in [5.74, 6) is -0.0401. The molecule has 1 atom stereocenters. The molecule has 1 fully saturated rings. The lowest BCUT2D eigenvalue weighted by molar-refractivity contribution is 0.0747. The molecule has 0 radical (unpaired) electrons. The minimum absolute atomic E-state index is 0.0989. The second kappa shape index (κ2) is 8.20. The van der Waals surface area contributed by atoms with Crippen LogP contribution in [0, 0.1) is 0 Å². The van der Waals surface area contributed by atoms with Crippen molar-refractivity contribution in [3.63, 3.8) is 0 Å². The summed E-state index contributed by atoms with van der Waals surface area (Å²) < 4.78 is 0. The molecule has 170 valence electrons. The first-order valence-electron chi connectivity index (χ1n) is 11.6.